The van der Waals surface area contributed by atoms with E-state index in [0.29, 0.717) is 11.4 Å². The maximum absolute atomic E-state index is 12.0. The second-order valence-corrected chi connectivity index (χ2v) is 6.09. The summed E-state index contributed by atoms with van der Waals surface area (Å²) >= 11 is 0. The Balaban J connectivity index is 2.16. The molecular formula is C13H17N3O3S. The molecule has 2 aromatic rings. The number of nitrogens with one attached hydrogen (secondary N) is 2. The Morgan fingerprint density at radius 2 is 2.25 bits per heavy atom. The standard InChI is InChI=1S/C13H17N3O3S/c1-3-10(2)19-12-6-4-5-11(7-12)16-20(17,18)13-8-14-15-9-13/h4-10,16H,3H2,1-2H3,(H,14,15). The van der Waals surface area contributed by atoms with Gasteiger partial charge >= 0.3 is 0 Å². The van der Waals surface area contributed by atoms with E-state index in [1.54, 1.807) is 24.3 Å². The molecule has 2 N–H and O–H groups in total. The molecule has 0 amide bonds. The van der Waals surface area contributed by atoms with Crippen LogP contribution in [0.4, 0.5) is 5.69 Å². The molecule has 1 aromatic carbocycles. The molecule has 0 aliphatic rings. The Morgan fingerprint density at radius 3 is 2.90 bits per heavy atom. The summed E-state index contributed by atoms with van der Waals surface area (Å²) in [4.78, 5) is 0.0887. The summed E-state index contributed by atoms with van der Waals surface area (Å²) in [6.07, 6.45) is 3.53. The zero-order valence-corrected chi connectivity index (χ0v) is 12.1. The van der Waals surface area contributed by atoms with Crippen molar-refractivity contribution in [3.8, 4) is 5.75 Å². The number of sulfonamides is 1. The van der Waals surface area contributed by atoms with Gasteiger partial charge in [-0.2, -0.15) is 5.10 Å². The Labute approximate surface area is 118 Å². The molecule has 7 heteroatoms. The highest BCUT2D eigenvalue weighted by Crippen LogP contribution is 2.21. The zero-order valence-electron chi connectivity index (χ0n) is 11.3. The maximum Gasteiger partial charge on any atom is 0.265 e. The molecule has 0 saturated heterocycles. The first kappa shape index (κ1) is 14.4. The number of rotatable bonds is 6. The Bertz CT molecular complexity index is 653. The quantitative estimate of drug-likeness (QED) is 0.857. The van der Waals surface area contributed by atoms with E-state index in [4.69, 9.17) is 4.74 Å². The van der Waals surface area contributed by atoms with Crippen molar-refractivity contribution < 1.29 is 13.2 Å². The molecule has 0 radical (unpaired) electrons. The molecule has 0 bridgehead atoms. The van der Waals surface area contributed by atoms with Crippen molar-refractivity contribution in [2.75, 3.05) is 4.72 Å². The summed E-state index contributed by atoms with van der Waals surface area (Å²) in [7, 11) is -3.62. The van der Waals surface area contributed by atoms with Crippen molar-refractivity contribution in [2.45, 2.75) is 31.3 Å². The molecule has 1 heterocycles. The number of H-pyrrole nitrogens is 1. The topological polar surface area (TPSA) is 84.1 Å². The monoisotopic (exact) mass is 295 g/mol. The van der Waals surface area contributed by atoms with Crippen molar-refractivity contribution in [3.05, 3.63) is 36.7 Å². The van der Waals surface area contributed by atoms with Gasteiger partial charge < -0.3 is 4.74 Å². The predicted molar refractivity (Wildman–Crippen MR) is 76.2 cm³/mol. The third kappa shape index (κ3) is 3.51. The van der Waals surface area contributed by atoms with E-state index < -0.39 is 10.0 Å². The molecule has 1 unspecified atom stereocenters. The summed E-state index contributed by atoms with van der Waals surface area (Å²) in [5.74, 6) is 0.631. The van der Waals surface area contributed by atoms with Gasteiger partial charge in [-0.1, -0.05) is 13.0 Å². The Morgan fingerprint density at radius 1 is 1.45 bits per heavy atom. The van der Waals surface area contributed by atoms with Crippen LogP contribution in [0.15, 0.2) is 41.6 Å². The second kappa shape index (κ2) is 5.96. The van der Waals surface area contributed by atoms with Crippen LogP contribution in [0.1, 0.15) is 20.3 Å². The first-order chi connectivity index (χ1) is 9.51. The number of nitrogens with zero attached hydrogens (tertiary/aromatic N) is 1. The van der Waals surface area contributed by atoms with Crippen molar-refractivity contribution >= 4 is 15.7 Å². The first-order valence-corrected chi connectivity index (χ1v) is 7.78. The van der Waals surface area contributed by atoms with Crippen LogP contribution in [0.5, 0.6) is 5.75 Å². The molecule has 20 heavy (non-hydrogen) atoms. The van der Waals surface area contributed by atoms with Crippen molar-refractivity contribution in [1.29, 1.82) is 0 Å². The highest BCUT2D eigenvalue weighted by Gasteiger charge is 2.15. The fourth-order valence-corrected chi connectivity index (χ4v) is 2.50. The van der Waals surface area contributed by atoms with Crippen LogP contribution >= 0.6 is 0 Å². The Kier molecular flexibility index (Phi) is 4.29. The van der Waals surface area contributed by atoms with Crippen LogP contribution in [0.2, 0.25) is 0 Å². The van der Waals surface area contributed by atoms with E-state index in [1.165, 1.54) is 12.4 Å². The van der Waals surface area contributed by atoms with Gasteiger partial charge in [-0.25, -0.2) is 8.42 Å². The van der Waals surface area contributed by atoms with Crippen LogP contribution < -0.4 is 9.46 Å². The summed E-state index contributed by atoms with van der Waals surface area (Å²) in [6, 6.07) is 6.86. The highest BCUT2D eigenvalue weighted by molar-refractivity contribution is 7.92. The molecule has 6 nitrogen and oxygen atoms in total. The van der Waals surface area contributed by atoms with Crippen LogP contribution in [0.3, 0.4) is 0 Å². The van der Waals surface area contributed by atoms with E-state index in [2.05, 4.69) is 14.9 Å². The number of aromatic nitrogens is 2. The molecule has 1 atom stereocenters. The lowest BCUT2D eigenvalue weighted by Gasteiger charge is -2.13. The normalized spacial score (nSPS) is 12.9. The fraction of sp³-hybridized carbons (Fsp3) is 0.308. The summed E-state index contributed by atoms with van der Waals surface area (Å²) in [5, 5.41) is 6.10. The maximum atomic E-state index is 12.0. The highest BCUT2D eigenvalue weighted by atomic mass is 32.2. The molecule has 0 saturated carbocycles. The minimum atomic E-state index is -3.62. The van der Waals surface area contributed by atoms with Crippen molar-refractivity contribution in [2.24, 2.45) is 0 Å². The molecule has 0 aliphatic carbocycles. The van der Waals surface area contributed by atoms with Gasteiger partial charge in [0.05, 0.1) is 18.0 Å². The van der Waals surface area contributed by atoms with Gasteiger partial charge in [0.1, 0.15) is 10.6 Å². The SMILES string of the molecule is CCC(C)Oc1cccc(NS(=O)(=O)c2cn[nH]c2)c1. The smallest absolute Gasteiger partial charge is 0.265 e. The minimum absolute atomic E-state index is 0.0794. The van der Waals surface area contributed by atoms with Crippen molar-refractivity contribution in [3.63, 3.8) is 0 Å². The van der Waals surface area contributed by atoms with E-state index in [9.17, 15) is 8.42 Å². The van der Waals surface area contributed by atoms with E-state index in [-0.39, 0.29) is 11.0 Å². The van der Waals surface area contributed by atoms with Gasteiger partial charge in [0.25, 0.3) is 10.0 Å². The van der Waals surface area contributed by atoms with E-state index >= 15 is 0 Å². The van der Waals surface area contributed by atoms with Crippen LogP contribution in [-0.2, 0) is 10.0 Å². The minimum Gasteiger partial charge on any atom is -0.491 e. The predicted octanol–water partition coefficient (Wildman–Crippen LogP) is 2.39. The number of hydrogen-bond acceptors (Lipinski definition) is 4. The third-order valence-corrected chi connectivity index (χ3v) is 4.13. The van der Waals surface area contributed by atoms with Crippen molar-refractivity contribution in [1.82, 2.24) is 10.2 Å². The molecule has 1 aromatic heterocycles. The van der Waals surface area contributed by atoms with E-state index in [0.717, 1.165) is 6.42 Å². The second-order valence-electron chi connectivity index (χ2n) is 4.40. The van der Waals surface area contributed by atoms with Gasteiger partial charge in [0.2, 0.25) is 0 Å². The van der Waals surface area contributed by atoms with Crippen LogP contribution in [0.25, 0.3) is 0 Å². The summed E-state index contributed by atoms with van der Waals surface area (Å²) in [5.41, 5.74) is 0.451. The van der Waals surface area contributed by atoms with E-state index in [1.807, 2.05) is 13.8 Å². The number of aromatic amines is 1. The summed E-state index contributed by atoms with van der Waals surface area (Å²) < 4.78 is 32.2. The van der Waals surface area contributed by atoms with Crippen LogP contribution in [-0.4, -0.2) is 24.7 Å². The largest absolute Gasteiger partial charge is 0.491 e. The molecule has 0 fully saturated rings. The van der Waals surface area contributed by atoms with Gasteiger partial charge in [-0.15, -0.1) is 0 Å². The zero-order chi connectivity index (χ0) is 14.6. The van der Waals surface area contributed by atoms with Crippen LogP contribution in [0, 0.1) is 0 Å². The van der Waals surface area contributed by atoms with Gasteiger partial charge in [-0.05, 0) is 25.5 Å². The lowest BCUT2D eigenvalue weighted by atomic mass is 10.3. The molecular weight excluding hydrogens is 278 g/mol. The summed E-state index contributed by atoms with van der Waals surface area (Å²) in [6.45, 7) is 3.98. The first-order valence-electron chi connectivity index (χ1n) is 6.29. The number of anilines is 1. The fourth-order valence-electron chi connectivity index (χ4n) is 1.55. The number of ether oxygens (including phenoxy) is 1. The Hall–Kier alpha value is -2.02. The average Bonchev–Trinajstić information content (AvgIpc) is 2.93. The average molecular weight is 295 g/mol. The van der Waals surface area contributed by atoms with Gasteiger partial charge in [0.15, 0.2) is 0 Å². The van der Waals surface area contributed by atoms with Gasteiger partial charge in [-0.3, -0.25) is 9.82 Å². The lowest BCUT2D eigenvalue weighted by Crippen LogP contribution is -2.13. The van der Waals surface area contributed by atoms with Gasteiger partial charge in [0, 0.05) is 12.3 Å². The lowest BCUT2D eigenvalue weighted by molar-refractivity contribution is 0.217. The number of hydrogen-bond donors (Lipinski definition) is 2. The molecule has 2 rings (SSSR count). The molecule has 0 spiro atoms. The molecule has 0 aliphatic heterocycles. The third-order valence-electron chi connectivity index (χ3n) is 2.78. The molecule has 108 valence electrons. The number of benzene rings is 1.